The van der Waals surface area contributed by atoms with Crippen LogP contribution in [0.2, 0.25) is 0 Å². The Labute approximate surface area is 148 Å². The van der Waals surface area contributed by atoms with Crippen molar-refractivity contribution in [3.8, 4) is 16.9 Å². The average molecular weight is 414 g/mol. The van der Waals surface area contributed by atoms with Crippen LogP contribution in [-0.2, 0) is 6.42 Å². The minimum Gasteiger partial charge on any atom is -0.393 e. The lowest BCUT2D eigenvalue weighted by Crippen LogP contribution is -2.13. The van der Waals surface area contributed by atoms with Crippen molar-refractivity contribution in [2.75, 3.05) is 0 Å². The van der Waals surface area contributed by atoms with Crippen molar-refractivity contribution in [1.29, 1.82) is 0 Å². The van der Waals surface area contributed by atoms with Gasteiger partial charge in [0, 0.05) is 22.7 Å². The fraction of sp³-hybridized carbons (Fsp3) is 0.200. The number of rotatable bonds is 4. The number of benzene rings is 1. The van der Waals surface area contributed by atoms with Crippen LogP contribution in [0.4, 0.5) is 13.2 Å². The number of nitrogens with zero attached hydrogens (tertiary/aromatic N) is 5. The van der Waals surface area contributed by atoms with Crippen LogP contribution < -0.4 is 0 Å². The van der Waals surface area contributed by atoms with Gasteiger partial charge in [0.25, 0.3) is 0 Å². The molecule has 130 valence electrons. The van der Waals surface area contributed by atoms with Gasteiger partial charge in [-0.05, 0) is 51.5 Å². The topological polar surface area (TPSA) is 76.7 Å². The Bertz CT molecular complexity index is 914. The highest BCUT2D eigenvalue weighted by atomic mass is 79.9. The monoisotopic (exact) mass is 413 g/mol. The Kier molecular flexibility index (Phi) is 4.82. The first-order valence-corrected chi connectivity index (χ1v) is 7.93. The van der Waals surface area contributed by atoms with E-state index in [4.69, 9.17) is 0 Å². The first-order valence-electron chi connectivity index (χ1n) is 7.13. The van der Waals surface area contributed by atoms with E-state index in [0.717, 1.165) is 10.7 Å². The van der Waals surface area contributed by atoms with Gasteiger partial charge in [-0.3, -0.25) is 4.98 Å². The summed E-state index contributed by atoms with van der Waals surface area (Å²) in [6.07, 6.45) is 0.619. The van der Waals surface area contributed by atoms with Crippen LogP contribution in [0, 0.1) is 17.5 Å². The molecule has 0 fully saturated rings. The van der Waals surface area contributed by atoms with Gasteiger partial charge in [-0.2, -0.15) is 4.68 Å². The molecule has 0 spiro atoms. The van der Waals surface area contributed by atoms with E-state index in [-0.39, 0.29) is 29.2 Å². The van der Waals surface area contributed by atoms with Gasteiger partial charge in [-0.15, -0.1) is 5.10 Å². The van der Waals surface area contributed by atoms with E-state index in [1.165, 1.54) is 19.2 Å². The Hall–Kier alpha value is -2.33. The highest BCUT2D eigenvalue weighted by Gasteiger charge is 2.24. The van der Waals surface area contributed by atoms with E-state index >= 15 is 0 Å². The highest BCUT2D eigenvalue weighted by molar-refractivity contribution is 9.10. The molecule has 6 nitrogen and oxygen atoms in total. The third-order valence-corrected chi connectivity index (χ3v) is 3.84. The molecule has 0 radical (unpaired) electrons. The van der Waals surface area contributed by atoms with E-state index in [2.05, 4.69) is 36.4 Å². The van der Waals surface area contributed by atoms with Crippen molar-refractivity contribution in [2.45, 2.75) is 19.4 Å². The summed E-state index contributed by atoms with van der Waals surface area (Å²) >= 11 is 3.20. The molecule has 2 aromatic heterocycles. The molecule has 0 aliphatic heterocycles. The van der Waals surface area contributed by atoms with Crippen LogP contribution >= 0.6 is 15.9 Å². The van der Waals surface area contributed by atoms with E-state index < -0.39 is 23.6 Å². The van der Waals surface area contributed by atoms with Gasteiger partial charge < -0.3 is 5.11 Å². The minimum atomic E-state index is -1.66. The normalized spacial score (nSPS) is 12.4. The zero-order valence-electron chi connectivity index (χ0n) is 12.8. The Morgan fingerprint density at radius 1 is 1.20 bits per heavy atom. The molecule has 0 saturated heterocycles. The second kappa shape index (κ2) is 6.89. The molecule has 25 heavy (non-hydrogen) atoms. The van der Waals surface area contributed by atoms with Gasteiger partial charge in [0.05, 0.1) is 11.8 Å². The standard InChI is InChI=1S/C15H11BrF3N5O/c1-7(25)4-12-21-22-23-24(12)11-5-9(13(17)15(19)14(11)18)10-3-2-8(16)6-20-10/h2-3,5-7,25H,4H2,1H3. The predicted molar refractivity (Wildman–Crippen MR) is 85.3 cm³/mol. The van der Waals surface area contributed by atoms with Gasteiger partial charge in [-0.25, -0.2) is 13.2 Å². The van der Waals surface area contributed by atoms with Crippen molar-refractivity contribution in [3.63, 3.8) is 0 Å². The van der Waals surface area contributed by atoms with Gasteiger partial charge in [0.2, 0.25) is 0 Å². The number of aromatic nitrogens is 5. The number of halogens is 4. The second-order valence-corrected chi connectivity index (χ2v) is 6.22. The molecular weight excluding hydrogens is 403 g/mol. The molecule has 0 amide bonds. The average Bonchev–Trinajstić information content (AvgIpc) is 3.01. The third kappa shape index (κ3) is 3.40. The molecule has 3 aromatic rings. The van der Waals surface area contributed by atoms with E-state index in [0.29, 0.717) is 4.47 Å². The summed E-state index contributed by atoms with van der Waals surface area (Å²) in [5.74, 6) is -4.34. The number of aliphatic hydroxyl groups excluding tert-OH is 1. The van der Waals surface area contributed by atoms with E-state index in [1.807, 2.05) is 0 Å². The molecule has 0 aliphatic rings. The maximum Gasteiger partial charge on any atom is 0.197 e. The number of aliphatic hydroxyl groups is 1. The first kappa shape index (κ1) is 17.5. The molecular formula is C15H11BrF3N5O. The number of pyridine rings is 1. The molecule has 0 bridgehead atoms. The van der Waals surface area contributed by atoms with E-state index in [1.54, 1.807) is 6.07 Å². The van der Waals surface area contributed by atoms with Gasteiger partial charge in [-0.1, -0.05) is 0 Å². The zero-order chi connectivity index (χ0) is 18.1. The Morgan fingerprint density at radius 3 is 2.60 bits per heavy atom. The summed E-state index contributed by atoms with van der Waals surface area (Å²) in [5, 5.41) is 20.2. The zero-order valence-corrected chi connectivity index (χ0v) is 14.4. The molecule has 1 N–H and O–H groups in total. The molecule has 10 heteroatoms. The van der Waals surface area contributed by atoms with Crippen molar-refractivity contribution < 1.29 is 18.3 Å². The summed E-state index contributed by atoms with van der Waals surface area (Å²) in [6, 6.07) is 4.13. The molecule has 2 heterocycles. The summed E-state index contributed by atoms with van der Waals surface area (Å²) in [4.78, 5) is 4.00. The lowest BCUT2D eigenvalue weighted by atomic mass is 10.1. The summed E-state index contributed by atoms with van der Waals surface area (Å²) in [6.45, 7) is 1.50. The van der Waals surface area contributed by atoms with Crippen molar-refractivity contribution >= 4 is 15.9 Å². The fourth-order valence-corrected chi connectivity index (χ4v) is 2.48. The SMILES string of the molecule is CC(O)Cc1nnnn1-c1cc(-c2ccc(Br)cn2)c(F)c(F)c1F. The molecule has 0 saturated carbocycles. The van der Waals surface area contributed by atoms with Crippen LogP contribution in [0.25, 0.3) is 16.9 Å². The summed E-state index contributed by atoms with van der Waals surface area (Å²) < 4.78 is 44.2. The summed E-state index contributed by atoms with van der Waals surface area (Å²) in [5.41, 5.74) is -0.495. The molecule has 1 atom stereocenters. The summed E-state index contributed by atoms with van der Waals surface area (Å²) in [7, 11) is 0. The predicted octanol–water partition coefficient (Wildman–Crippen LogP) is 2.83. The Morgan fingerprint density at radius 2 is 1.96 bits per heavy atom. The van der Waals surface area contributed by atoms with Crippen LogP contribution in [0.1, 0.15) is 12.7 Å². The molecule has 1 unspecified atom stereocenters. The number of hydrogen-bond acceptors (Lipinski definition) is 5. The van der Waals surface area contributed by atoms with Gasteiger partial charge in [0.15, 0.2) is 23.3 Å². The quantitative estimate of drug-likeness (QED) is 0.665. The minimum absolute atomic E-state index is 0.0112. The maximum absolute atomic E-state index is 14.3. The smallest absolute Gasteiger partial charge is 0.197 e. The van der Waals surface area contributed by atoms with Gasteiger partial charge >= 0.3 is 0 Å². The largest absolute Gasteiger partial charge is 0.393 e. The van der Waals surface area contributed by atoms with Gasteiger partial charge in [0.1, 0.15) is 5.69 Å². The lowest BCUT2D eigenvalue weighted by Gasteiger charge is -2.11. The molecule has 3 rings (SSSR count). The fourth-order valence-electron chi connectivity index (χ4n) is 2.25. The number of tetrazole rings is 1. The van der Waals surface area contributed by atoms with Crippen LogP contribution in [-0.4, -0.2) is 36.4 Å². The van der Waals surface area contributed by atoms with Crippen LogP contribution in [0.3, 0.4) is 0 Å². The Balaban J connectivity index is 2.18. The lowest BCUT2D eigenvalue weighted by molar-refractivity contribution is 0.192. The third-order valence-electron chi connectivity index (χ3n) is 3.37. The highest BCUT2D eigenvalue weighted by Crippen LogP contribution is 2.29. The molecule has 0 aliphatic carbocycles. The molecule has 1 aromatic carbocycles. The maximum atomic E-state index is 14.3. The van der Waals surface area contributed by atoms with E-state index in [9.17, 15) is 18.3 Å². The van der Waals surface area contributed by atoms with Crippen molar-refractivity contribution in [1.82, 2.24) is 25.2 Å². The van der Waals surface area contributed by atoms with Crippen LogP contribution in [0.15, 0.2) is 28.9 Å². The number of hydrogen-bond donors (Lipinski definition) is 1. The van der Waals surface area contributed by atoms with Crippen molar-refractivity contribution in [3.05, 3.63) is 52.1 Å². The van der Waals surface area contributed by atoms with Crippen molar-refractivity contribution in [2.24, 2.45) is 0 Å². The second-order valence-electron chi connectivity index (χ2n) is 5.31. The first-order chi connectivity index (χ1) is 11.9. The van der Waals surface area contributed by atoms with Crippen LogP contribution in [0.5, 0.6) is 0 Å².